The van der Waals surface area contributed by atoms with Crippen molar-refractivity contribution >= 4 is 0 Å². The van der Waals surface area contributed by atoms with Crippen LogP contribution in [0, 0.1) is 0 Å². The molecule has 0 aliphatic heterocycles. The number of aromatic hydroxyl groups is 1. The molecule has 1 heterocycles. The lowest BCUT2D eigenvalue weighted by Crippen LogP contribution is -2.15. The maximum absolute atomic E-state index is 12.1. The predicted molar refractivity (Wildman–Crippen MR) is 72.6 cm³/mol. The molecule has 1 aromatic carbocycles. The van der Waals surface area contributed by atoms with Gasteiger partial charge in [-0.05, 0) is 30.7 Å². The normalized spacial score (nSPS) is 10.9. The number of nitrogens with zero attached hydrogens (tertiary/aromatic N) is 1. The molecule has 2 rings (SSSR count). The van der Waals surface area contributed by atoms with Gasteiger partial charge in [0.05, 0.1) is 5.56 Å². The van der Waals surface area contributed by atoms with E-state index in [4.69, 9.17) is 0 Å². The fraction of sp³-hybridized carbons (Fsp3) is 0.286. The molecule has 21 heavy (non-hydrogen) atoms. The van der Waals surface area contributed by atoms with Crippen LogP contribution in [0.5, 0.6) is 11.6 Å². The molecular weight excluding hydrogens is 282 g/mol. The molecule has 1 aromatic heterocycles. The van der Waals surface area contributed by atoms with Gasteiger partial charge in [-0.3, -0.25) is 4.79 Å². The fourth-order valence-electron chi connectivity index (χ4n) is 1.89. The first-order valence-corrected chi connectivity index (χ1v) is 6.38. The summed E-state index contributed by atoms with van der Waals surface area (Å²) in [5.41, 5.74) is 0.304. The summed E-state index contributed by atoms with van der Waals surface area (Å²) >= 11 is 0. The average Bonchev–Trinajstić information content (AvgIpc) is 2.43. The van der Waals surface area contributed by atoms with Crippen molar-refractivity contribution in [1.82, 2.24) is 9.97 Å². The first-order valence-electron chi connectivity index (χ1n) is 6.38. The number of hydrogen-bond acceptors (Lipinski definition) is 4. The summed E-state index contributed by atoms with van der Waals surface area (Å²) in [5.74, 6) is -0.146. The second-order valence-corrected chi connectivity index (χ2v) is 4.37. The predicted octanol–water partition coefficient (Wildman–Crippen LogP) is 2.70. The minimum absolute atomic E-state index is 0.00271. The zero-order valence-corrected chi connectivity index (χ0v) is 11.3. The number of alkyl halides is 2. The van der Waals surface area contributed by atoms with E-state index < -0.39 is 12.2 Å². The zero-order chi connectivity index (χ0) is 15.4. The first-order chi connectivity index (χ1) is 10.0. The second-order valence-electron chi connectivity index (χ2n) is 4.37. The molecule has 7 heteroatoms. The number of rotatable bonds is 5. The Morgan fingerprint density at radius 1 is 1.33 bits per heavy atom. The molecule has 112 valence electrons. The zero-order valence-electron chi connectivity index (χ0n) is 11.3. The topological polar surface area (TPSA) is 75.2 Å². The number of nitrogens with one attached hydrogen (secondary N) is 1. The molecule has 0 aliphatic rings. The van der Waals surface area contributed by atoms with Crippen LogP contribution in [0.3, 0.4) is 0 Å². The van der Waals surface area contributed by atoms with Crippen molar-refractivity contribution in [2.24, 2.45) is 0 Å². The third kappa shape index (κ3) is 3.56. The summed E-state index contributed by atoms with van der Waals surface area (Å²) in [4.78, 5) is 18.3. The molecule has 2 N–H and O–H groups in total. The second kappa shape index (κ2) is 6.34. The summed E-state index contributed by atoms with van der Waals surface area (Å²) < 4.78 is 28.3. The Hall–Kier alpha value is -2.44. The van der Waals surface area contributed by atoms with Crippen molar-refractivity contribution in [3.8, 4) is 23.0 Å². The van der Waals surface area contributed by atoms with E-state index in [1.165, 1.54) is 24.3 Å². The van der Waals surface area contributed by atoms with Crippen LogP contribution in [-0.2, 0) is 6.42 Å². The van der Waals surface area contributed by atoms with Crippen LogP contribution < -0.4 is 10.3 Å². The first kappa shape index (κ1) is 15.0. The van der Waals surface area contributed by atoms with Crippen molar-refractivity contribution in [3.63, 3.8) is 0 Å². The van der Waals surface area contributed by atoms with Crippen molar-refractivity contribution < 1.29 is 18.6 Å². The van der Waals surface area contributed by atoms with Gasteiger partial charge in [-0.25, -0.2) is 0 Å². The van der Waals surface area contributed by atoms with Crippen LogP contribution in [0.25, 0.3) is 11.4 Å². The van der Waals surface area contributed by atoms with Crippen LogP contribution in [0.2, 0.25) is 0 Å². The molecular formula is C14H14F2N2O3. The van der Waals surface area contributed by atoms with Gasteiger partial charge in [0.2, 0.25) is 5.88 Å². The molecule has 0 aliphatic carbocycles. The van der Waals surface area contributed by atoms with Gasteiger partial charge in [0, 0.05) is 5.56 Å². The molecule has 5 nitrogen and oxygen atoms in total. The van der Waals surface area contributed by atoms with E-state index in [0.717, 1.165) is 0 Å². The number of aromatic amines is 1. The SMILES string of the molecule is CCCc1c(O)nc(-c2ccc(OC(F)F)cc2)[nH]c1=O. The van der Waals surface area contributed by atoms with Crippen LogP contribution in [0.1, 0.15) is 18.9 Å². The third-order valence-electron chi connectivity index (χ3n) is 2.85. The average molecular weight is 296 g/mol. The van der Waals surface area contributed by atoms with Gasteiger partial charge in [-0.2, -0.15) is 13.8 Å². The maximum Gasteiger partial charge on any atom is 0.387 e. The molecule has 0 unspecified atom stereocenters. The van der Waals surface area contributed by atoms with E-state index in [-0.39, 0.29) is 23.0 Å². The summed E-state index contributed by atoms with van der Waals surface area (Å²) in [7, 11) is 0. The van der Waals surface area contributed by atoms with Crippen molar-refractivity contribution in [1.29, 1.82) is 0 Å². The highest BCUT2D eigenvalue weighted by Gasteiger charge is 2.11. The Kier molecular flexibility index (Phi) is 4.52. The summed E-state index contributed by atoms with van der Waals surface area (Å²) in [6.45, 7) is -1.01. The van der Waals surface area contributed by atoms with E-state index in [9.17, 15) is 18.7 Å². The largest absolute Gasteiger partial charge is 0.493 e. The van der Waals surface area contributed by atoms with E-state index in [2.05, 4.69) is 14.7 Å². The lowest BCUT2D eigenvalue weighted by molar-refractivity contribution is -0.0498. The van der Waals surface area contributed by atoms with Crippen molar-refractivity contribution in [2.45, 2.75) is 26.4 Å². The highest BCUT2D eigenvalue weighted by Crippen LogP contribution is 2.22. The molecule has 0 fully saturated rings. The van der Waals surface area contributed by atoms with Gasteiger partial charge in [0.1, 0.15) is 11.6 Å². The molecule has 0 bridgehead atoms. The maximum atomic E-state index is 12.1. The number of ether oxygens (including phenoxy) is 1. The highest BCUT2D eigenvalue weighted by atomic mass is 19.3. The smallest absolute Gasteiger partial charge is 0.387 e. The van der Waals surface area contributed by atoms with Crippen molar-refractivity contribution in [2.75, 3.05) is 0 Å². The number of benzene rings is 1. The van der Waals surface area contributed by atoms with Crippen LogP contribution >= 0.6 is 0 Å². The van der Waals surface area contributed by atoms with Crippen LogP contribution in [0.15, 0.2) is 29.1 Å². The van der Waals surface area contributed by atoms with Crippen LogP contribution in [0.4, 0.5) is 8.78 Å². The molecule has 0 amide bonds. The fourth-order valence-corrected chi connectivity index (χ4v) is 1.89. The lowest BCUT2D eigenvalue weighted by atomic mass is 10.1. The van der Waals surface area contributed by atoms with Gasteiger partial charge < -0.3 is 14.8 Å². The standard InChI is InChI=1S/C14H14F2N2O3/c1-2-3-10-12(19)17-11(18-13(10)20)8-4-6-9(7-5-8)21-14(15)16/h4-7,14H,2-3H2,1H3,(H2,17,18,19,20). The van der Waals surface area contributed by atoms with E-state index in [0.29, 0.717) is 18.4 Å². The quantitative estimate of drug-likeness (QED) is 0.889. The van der Waals surface area contributed by atoms with E-state index in [1.807, 2.05) is 6.92 Å². The number of H-pyrrole nitrogens is 1. The molecule has 0 radical (unpaired) electrons. The van der Waals surface area contributed by atoms with Gasteiger partial charge in [-0.1, -0.05) is 13.3 Å². The third-order valence-corrected chi connectivity index (χ3v) is 2.85. The highest BCUT2D eigenvalue weighted by molar-refractivity contribution is 5.56. The monoisotopic (exact) mass is 296 g/mol. The Morgan fingerprint density at radius 3 is 2.52 bits per heavy atom. The van der Waals surface area contributed by atoms with Gasteiger partial charge >= 0.3 is 6.61 Å². The molecule has 0 spiro atoms. The Labute approximate surface area is 119 Å². The summed E-state index contributed by atoms with van der Waals surface area (Å²) in [5, 5.41) is 9.78. The van der Waals surface area contributed by atoms with Gasteiger partial charge in [0.15, 0.2) is 0 Å². The number of halogens is 2. The minimum atomic E-state index is -2.90. The molecule has 0 saturated heterocycles. The summed E-state index contributed by atoms with van der Waals surface area (Å²) in [6.07, 6.45) is 1.13. The van der Waals surface area contributed by atoms with E-state index in [1.54, 1.807) is 0 Å². The number of hydrogen-bond donors (Lipinski definition) is 2. The Balaban J connectivity index is 2.32. The minimum Gasteiger partial charge on any atom is -0.493 e. The van der Waals surface area contributed by atoms with E-state index >= 15 is 0 Å². The van der Waals surface area contributed by atoms with Crippen LogP contribution in [-0.4, -0.2) is 21.7 Å². The lowest BCUT2D eigenvalue weighted by Gasteiger charge is -2.07. The Bertz CT molecular complexity index is 669. The summed E-state index contributed by atoms with van der Waals surface area (Å²) in [6, 6.07) is 5.60. The molecule has 0 atom stereocenters. The van der Waals surface area contributed by atoms with Crippen molar-refractivity contribution in [3.05, 3.63) is 40.2 Å². The molecule has 2 aromatic rings. The van der Waals surface area contributed by atoms with Gasteiger partial charge in [-0.15, -0.1) is 0 Å². The van der Waals surface area contributed by atoms with Gasteiger partial charge in [0.25, 0.3) is 5.56 Å². The number of aromatic nitrogens is 2. The molecule has 0 saturated carbocycles. The Morgan fingerprint density at radius 2 is 2.00 bits per heavy atom.